The standard InChI is InChI=1S/C12H20N2/c1-12(2,10-14(3)4)13-11-8-6-5-7-9-11/h5-9,13H,10H2,1-4H3. The van der Waals surface area contributed by atoms with Crippen molar-refractivity contribution in [2.75, 3.05) is 26.0 Å². The van der Waals surface area contributed by atoms with Crippen LogP contribution in [-0.4, -0.2) is 31.1 Å². The van der Waals surface area contributed by atoms with E-state index in [-0.39, 0.29) is 5.54 Å². The number of hydrogen-bond donors (Lipinski definition) is 1. The van der Waals surface area contributed by atoms with E-state index in [1.807, 2.05) is 18.2 Å². The van der Waals surface area contributed by atoms with Gasteiger partial charge in [-0.05, 0) is 40.1 Å². The van der Waals surface area contributed by atoms with Gasteiger partial charge in [0.05, 0.1) is 0 Å². The van der Waals surface area contributed by atoms with Crippen LogP contribution in [0.5, 0.6) is 0 Å². The third kappa shape index (κ3) is 3.79. The Morgan fingerprint density at radius 3 is 2.21 bits per heavy atom. The summed E-state index contributed by atoms with van der Waals surface area (Å²) in [5.41, 5.74) is 1.28. The van der Waals surface area contributed by atoms with Gasteiger partial charge in [0.15, 0.2) is 0 Å². The first-order chi connectivity index (χ1) is 6.49. The summed E-state index contributed by atoms with van der Waals surface area (Å²) < 4.78 is 0. The second-order valence-electron chi connectivity index (χ2n) is 4.61. The molecule has 2 nitrogen and oxygen atoms in total. The third-order valence-corrected chi connectivity index (χ3v) is 1.97. The number of anilines is 1. The van der Waals surface area contributed by atoms with Crippen molar-refractivity contribution in [2.24, 2.45) is 0 Å². The maximum absolute atomic E-state index is 3.51. The van der Waals surface area contributed by atoms with E-state index in [4.69, 9.17) is 0 Å². The zero-order valence-electron chi connectivity index (χ0n) is 9.54. The molecular weight excluding hydrogens is 172 g/mol. The van der Waals surface area contributed by atoms with E-state index in [1.165, 1.54) is 5.69 Å². The number of benzene rings is 1. The quantitative estimate of drug-likeness (QED) is 0.788. The van der Waals surface area contributed by atoms with Crippen LogP contribution in [0.4, 0.5) is 5.69 Å². The summed E-state index contributed by atoms with van der Waals surface area (Å²) in [7, 11) is 4.18. The van der Waals surface area contributed by atoms with Crippen LogP contribution in [0.3, 0.4) is 0 Å². The summed E-state index contributed by atoms with van der Waals surface area (Å²) in [6.45, 7) is 5.43. The molecule has 1 N–H and O–H groups in total. The predicted octanol–water partition coefficient (Wildman–Crippen LogP) is 2.44. The molecule has 1 rings (SSSR count). The molecule has 0 saturated carbocycles. The zero-order chi connectivity index (χ0) is 10.6. The fraction of sp³-hybridized carbons (Fsp3) is 0.500. The molecule has 0 fully saturated rings. The van der Waals surface area contributed by atoms with Crippen molar-refractivity contribution in [3.8, 4) is 0 Å². The summed E-state index contributed by atoms with van der Waals surface area (Å²) in [4.78, 5) is 2.19. The smallest absolute Gasteiger partial charge is 0.0444 e. The highest BCUT2D eigenvalue weighted by atomic mass is 15.1. The number of hydrogen-bond acceptors (Lipinski definition) is 2. The minimum absolute atomic E-state index is 0.102. The topological polar surface area (TPSA) is 15.3 Å². The lowest BCUT2D eigenvalue weighted by Crippen LogP contribution is -2.41. The van der Waals surface area contributed by atoms with Gasteiger partial charge in [0, 0.05) is 17.8 Å². The van der Waals surface area contributed by atoms with E-state index in [9.17, 15) is 0 Å². The average molecular weight is 192 g/mol. The minimum atomic E-state index is 0.102. The Balaban J connectivity index is 2.59. The number of nitrogens with one attached hydrogen (secondary N) is 1. The highest BCUT2D eigenvalue weighted by Crippen LogP contribution is 2.14. The monoisotopic (exact) mass is 192 g/mol. The average Bonchev–Trinajstić information content (AvgIpc) is 2.02. The highest BCUT2D eigenvalue weighted by Gasteiger charge is 2.17. The Morgan fingerprint density at radius 1 is 1.14 bits per heavy atom. The summed E-state index contributed by atoms with van der Waals surface area (Å²) in [6.07, 6.45) is 0. The van der Waals surface area contributed by atoms with Gasteiger partial charge in [-0.3, -0.25) is 0 Å². The van der Waals surface area contributed by atoms with E-state index in [0.717, 1.165) is 6.54 Å². The molecule has 14 heavy (non-hydrogen) atoms. The molecule has 78 valence electrons. The van der Waals surface area contributed by atoms with Gasteiger partial charge >= 0.3 is 0 Å². The molecule has 0 aliphatic carbocycles. The highest BCUT2D eigenvalue weighted by molar-refractivity contribution is 5.44. The van der Waals surface area contributed by atoms with Crippen molar-refractivity contribution < 1.29 is 0 Å². The normalized spacial score (nSPS) is 11.8. The summed E-state index contributed by atoms with van der Waals surface area (Å²) >= 11 is 0. The summed E-state index contributed by atoms with van der Waals surface area (Å²) in [6, 6.07) is 10.3. The van der Waals surface area contributed by atoms with Crippen molar-refractivity contribution in [3.05, 3.63) is 30.3 Å². The van der Waals surface area contributed by atoms with Crippen LogP contribution in [0.15, 0.2) is 30.3 Å². The molecule has 0 unspecified atom stereocenters. The first kappa shape index (κ1) is 11.1. The van der Waals surface area contributed by atoms with Crippen molar-refractivity contribution in [1.82, 2.24) is 4.90 Å². The Bertz CT molecular complexity index is 265. The fourth-order valence-electron chi connectivity index (χ4n) is 1.74. The van der Waals surface area contributed by atoms with Gasteiger partial charge in [0.2, 0.25) is 0 Å². The number of likely N-dealkylation sites (N-methyl/N-ethyl adjacent to an activating group) is 1. The molecule has 1 aromatic carbocycles. The van der Waals surface area contributed by atoms with Gasteiger partial charge in [-0.25, -0.2) is 0 Å². The number of para-hydroxylation sites is 1. The maximum Gasteiger partial charge on any atom is 0.0444 e. The molecule has 2 heteroatoms. The largest absolute Gasteiger partial charge is 0.379 e. The van der Waals surface area contributed by atoms with Crippen LogP contribution < -0.4 is 5.32 Å². The predicted molar refractivity (Wildman–Crippen MR) is 62.7 cm³/mol. The molecule has 0 saturated heterocycles. The van der Waals surface area contributed by atoms with E-state index in [0.29, 0.717) is 0 Å². The Kier molecular flexibility index (Phi) is 3.53. The molecule has 0 aliphatic heterocycles. The van der Waals surface area contributed by atoms with Crippen LogP contribution in [0.2, 0.25) is 0 Å². The van der Waals surface area contributed by atoms with Crippen molar-refractivity contribution in [2.45, 2.75) is 19.4 Å². The molecule has 0 aromatic heterocycles. The Morgan fingerprint density at radius 2 is 1.71 bits per heavy atom. The summed E-state index contributed by atoms with van der Waals surface area (Å²) in [5.74, 6) is 0. The van der Waals surface area contributed by atoms with Crippen LogP contribution in [0.25, 0.3) is 0 Å². The lowest BCUT2D eigenvalue weighted by molar-refractivity contribution is 0.334. The number of rotatable bonds is 4. The van der Waals surface area contributed by atoms with E-state index >= 15 is 0 Å². The van der Waals surface area contributed by atoms with Gasteiger partial charge < -0.3 is 10.2 Å². The van der Waals surface area contributed by atoms with Crippen LogP contribution in [0.1, 0.15) is 13.8 Å². The molecule has 0 bridgehead atoms. The zero-order valence-corrected chi connectivity index (χ0v) is 9.54. The van der Waals surface area contributed by atoms with E-state index in [1.54, 1.807) is 0 Å². The molecule has 0 aliphatic rings. The second kappa shape index (κ2) is 4.47. The van der Waals surface area contributed by atoms with Gasteiger partial charge in [0.1, 0.15) is 0 Å². The molecule has 0 atom stereocenters. The third-order valence-electron chi connectivity index (χ3n) is 1.97. The molecule has 0 radical (unpaired) electrons. The molecule has 1 aromatic rings. The first-order valence-corrected chi connectivity index (χ1v) is 4.97. The van der Waals surface area contributed by atoms with Crippen LogP contribution in [-0.2, 0) is 0 Å². The van der Waals surface area contributed by atoms with Crippen molar-refractivity contribution >= 4 is 5.69 Å². The summed E-state index contributed by atoms with van der Waals surface area (Å²) in [5, 5.41) is 3.51. The van der Waals surface area contributed by atoms with Gasteiger partial charge in [-0.15, -0.1) is 0 Å². The first-order valence-electron chi connectivity index (χ1n) is 4.97. The lowest BCUT2D eigenvalue weighted by atomic mass is 10.0. The fourth-order valence-corrected chi connectivity index (χ4v) is 1.74. The molecule has 0 spiro atoms. The van der Waals surface area contributed by atoms with Crippen molar-refractivity contribution in [3.63, 3.8) is 0 Å². The van der Waals surface area contributed by atoms with Crippen LogP contribution in [0, 0.1) is 0 Å². The molecular formula is C12H20N2. The minimum Gasteiger partial charge on any atom is -0.379 e. The number of nitrogens with zero attached hydrogens (tertiary/aromatic N) is 1. The van der Waals surface area contributed by atoms with Gasteiger partial charge in [-0.1, -0.05) is 18.2 Å². The van der Waals surface area contributed by atoms with E-state index in [2.05, 4.69) is 50.3 Å². The van der Waals surface area contributed by atoms with Gasteiger partial charge in [0.25, 0.3) is 0 Å². The van der Waals surface area contributed by atoms with Crippen molar-refractivity contribution in [1.29, 1.82) is 0 Å². The Hall–Kier alpha value is -1.02. The second-order valence-corrected chi connectivity index (χ2v) is 4.61. The molecule has 0 heterocycles. The van der Waals surface area contributed by atoms with Crippen LogP contribution >= 0.6 is 0 Å². The van der Waals surface area contributed by atoms with E-state index < -0.39 is 0 Å². The lowest BCUT2D eigenvalue weighted by Gasteiger charge is -2.30. The SMILES string of the molecule is CN(C)CC(C)(C)Nc1ccccc1. The van der Waals surface area contributed by atoms with Gasteiger partial charge in [-0.2, -0.15) is 0 Å². The Labute approximate surface area is 86.9 Å². The maximum atomic E-state index is 3.51. The molecule has 0 amide bonds.